The second-order valence-corrected chi connectivity index (χ2v) is 11.3. The zero-order valence-electron chi connectivity index (χ0n) is 25.6. The van der Waals surface area contributed by atoms with Gasteiger partial charge in [0, 0.05) is 41.9 Å². The molecule has 1 N–H and O–H groups in total. The molecule has 1 aliphatic rings. The number of carboxylic acids is 1. The number of anilines is 1. The first kappa shape index (κ1) is 30.0. The number of hydrogen-bond donors (Lipinski definition) is 1. The van der Waals surface area contributed by atoms with Crippen molar-refractivity contribution in [1.82, 2.24) is 9.48 Å². The van der Waals surface area contributed by atoms with Crippen LogP contribution in [0.5, 0.6) is 0 Å². The summed E-state index contributed by atoms with van der Waals surface area (Å²) in [6.45, 7) is 7.77. The van der Waals surface area contributed by atoms with E-state index in [1.807, 2.05) is 62.4 Å². The lowest BCUT2D eigenvalue weighted by Crippen LogP contribution is -2.29. The standard InChI is InChI=1S/C32H30N2O5.C3H9N/c1-3-33(4-2)20-13-15-25-27(18-20)39-32(37)29-28(22-10-6-7-11-23(22)31(35)36)24-14-12-21(19-26(24)38-30(25)29)34-16-8-5-9-17-34;1-4(2)3/h6-7,10-15,18-19H,3-5,8-9,16-17H2,1-2H3;1-3H3/p+1. The fourth-order valence-corrected chi connectivity index (χ4v) is 5.83. The number of carbonyl (C=O) groups is 1. The van der Waals surface area contributed by atoms with Crippen molar-refractivity contribution in [2.24, 2.45) is 0 Å². The van der Waals surface area contributed by atoms with E-state index in [2.05, 4.69) is 23.3 Å². The Kier molecular flexibility index (Phi) is 8.97. The van der Waals surface area contributed by atoms with E-state index in [0.717, 1.165) is 50.1 Å². The molecule has 0 aliphatic carbocycles. The molecule has 0 spiro atoms. The Morgan fingerprint density at radius 1 is 0.884 bits per heavy atom. The van der Waals surface area contributed by atoms with Gasteiger partial charge in [-0.05, 0) is 84.1 Å². The molecule has 1 fully saturated rings. The van der Waals surface area contributed by atoms with Crippen LogP contribution in [0.3, 0.4) is 0 Å². The molecule has 0 amide bonds. The van der Waals surface area contributed by atoms with Crippen molar-refractivity contribution in [3.63, 3.8) is 0 Å². The fourth-order valence-electron chi connectivity index (χ4n) is 5.83. The number of benzene rings is 3. The van der Waals surface area contributed by atoms with E-state index in [1.54, 1.807) is 24.3 Å². The van der Waals surface area contributed by atoms with E-state index in [9.17, 15) is 14.7 Å². The zero-order chi connectivity index (χ0) is 30.7. The van der Waals surface area contributed by atoms with Crippen molar-refractivity contribution >= 4 is 44.6 Å². The van der Waals surface area contributed by atoms with Crippen molar-refractivity contribution in [3.8, 4) is 11.1 Å². The zero-order valence-corrected chi connectivity index (χ0v) is 25.6. The van der Waals surface area contributed by atoms with Crippen LogP contribution in [-0.4, -0.2) is 63.3 Å². The van der Waals surface area contributed by atoms with Gasteiger partial charge >= 0.3 is 11.6 Å². The van der Waals surface area contributed by atoms with Gasteiger partial charge in [-0.3, -0.25) is 0 Å². The molecule has 1 saturated heterocycles. The third kappa shape index (κ3) is 6.06. The minimum Gasteiger partial charge on any atom is -0.478 e. The van der Waals surface area contributed by atoms with Crippen LogP contribution in [0.25, 0.3) is 44.0 Å². The molecule has 43 heavy (non-hydrogen) atoms. The largest absolute Gasteiger partial charge is 0.478 e. The highest BCUT2D eigenvalue weighted by atomic mass is 16.4. The maximum Gasteiger partial charge on any atom is 0.348 e. The van der Waals surface area contributed by atoms with Crippen LogP contribution in [0.15, 0.2) is 74.3 Å². The lowest BCUT2D eigenvalue weighted by atomic mass is 9.93. The van der Waals surface area contributed by atoms with E-state index in [1.165, 1.54) is 6.42 Å². The highest BCUT2D eigenvalue weighted by Crippen LogP contribution is 2.40. The number of aromatic carboxylic acids is 1. The van der Waals surface area contributed by atoms with E-state index >= 15 is 0 Å². The average molecular weight is 583 g/mol. The lowest BCUT2D eigenvalue weighted by molar-refractivity contribution is 0.0697. The summed E-state index contributed by atoms with van der Waals surface area (Å²) in [6.07, 6.45) is 3.52. The van der Waals surface area contributed by atoms with Gasteiger partial charge in [-0.15, -0.1) is 0 Å². The first-order valence-electron chi connectivity index (χ1n) is 15.0. The van der Waals surface area contributed by atoms with Crippen LogP contribution in [0.2, 0.25) is 0 Å². The first-order chi connectivity index (χ1) is 20.7. The molecule has 5 aromatic rings. The second-order valence-electron chi connectivity index (χ2n) is 11.3. The topological polar surface area (TPSA) is 90.1 Å². The molecular formula is C35H40N3O5+. The van der Waals surface area contributed by atoms with Gasteiger partial charge in [-0.2, -0.15) is 0 Å². The summed E-state index contributed by atoms with van der Waals surface area (Å²) in [5.74, 6) is -1.06. The smallest absolute Gasteiger partial charge is 0.348 e. The summed E-state index contributed by atoms with van der Waals surface area (Å²) < 4.78 is 14.6. The number of carboxylic acid groups (broad SMARTS) is 1. The van der Waals surface area contributed by atoms with Gasteiger partial charge in [0.25, 0.3) is 0 Å². The van der Waals surface area contributed by atoms with Crippen molar-refractivity contribution in [3.05, 3.63) is 82.0 Å². The summed E-state index contributed by atoms with van der Waals surface area (Å²) in [5, 5.41) is 12.6. The Morgan fingerprint density at radius 2 is 1.53 bits per heavy atom. The summed E-state index contributed by atoms with van der Waals surface area (Å²) >= 11 is 0. The monoisotopic (exact) mass is 582 g/mol. The Bertz CT molecular complexity index is 1920. The average Bonchev–Trinajstić information content (AvgIpc) is 3.00. The van der Waals surface area contributed by atoms with Gasteiger partial charge in [0.05, 0.1) is 17.0 Å². The second kappa shape index (κ2) is 12.8. The third-order valence-corrected chi connectivity index (χ3v) is 7.82. The molecule has 2 aromatic heterocycles. The van der Waals surface area contributed by atoms with Gasteiger partial charge in [-0.25, -0.2) is 14.2 Å². The molecule has 6 rings (SSSR count). The minimum atomic E-state index is -1.06. The Hall–Kier alpha value is -4.43. The van der Waals surface area contributed by atoms with Gasteiger partial charge in [0.15, 0.2) is 5.58 Å². The number of piperidine rings is 1. The van der Waals surface area contributed by atoms with Crippen LogP contribution in [-0.2, 0) is 0 Å². The van der Waals surface area contributed by atoms with Crippen LogP contribution in [0, 0.1) is 0 Å². The molecule has 0 unspecified atom stereocenters. The predicted molar refractivity (Wildman–Crippen MR) is 174 cm³/mol. The van der Waals surface area contributed by atoms with Crippen LogP contribution in [0.1, 0.15) is 43.5 Å². The maximum absolute atomic E-state index is 13.7. The fraction of sp³-hybridized carbons (Fsp3) is 0.343. The number of hydrogen-bond acceptors (Lipinski definition) is 6. The maximum atomic E-state index is 13.7. The highest BCUT2D eigenvalue weighted by Gasteiger charge is 2.23. The predicted octanol–water partition coefficient (Wildman–Crippen LogP) is 6.04. The normalized spacial score (nSPS) is 13.4. The number of fused-ring (bicyclic) bond motifs is 4. The van der Waals surface area contributed by atoms with Crippen LogP contribution >= 0.6 is 0 Å². The van der Waals surface area contributed by atoms with Gasteiger partial charge in [-0.1, -0.05) is 18.2 Å². The summed E-state index contributed by atoms with van der Waals surface area (Å²) in [5.41, 5.74) is 3.00. The van der Waals surface area contributed by atoms with Crippen molar-refractivity contribution in [2.75, 3.05) is 52.2 Å². The van der Waals surface area contributed by atoms with Gasteiger partial charge < -0.3 is 23.7 Å². The van der Waals surface area contributed by atoms with E-state index < -0.39 is 11.6 Å². The van der Waals surface area contributed by atoms with Crippen LogP contribution < -0.4 is 20.5 Å². The van der Waals surface area contributed by atoms with E-state index in [-0.39, 0.29) is 10.9 Å². The van der Waals surface area contributed by atoms with Crippen LogP contribution in [0.4, 0.5) is 5.69 Å². The number of nitrogens with zero attached hydrogens (tertiary/aromatic N) is 3. The molecule has 0 atom stereocenters. The molecule has 1 aliphatic heterocycles. The molecule has 0 radical (unpaired) electrons. The molecule has 8 heteroatoms. The molecule has 0 bridgehead atoms. The SMILES string of the molecule is CC[N+](CC)=c1ccc2c(c1)oc(=O)c1c(-c3ccccc3C(=O)O)c3ccc(N4CCCCC4)cc3oc12.CN(C)C. The third-order valence-electron chi connectivity index (χ3n) is 7.82. The molecular weight excluding hydrogens is 542 g/mol. The van der Waals surface area contributed by atoms with Crippen molar-refractivity contribution in [2.45, 2.75) is 33.1 Å². The Morgan fingerprint density at radius 3 is 2.21 bits per heavy atom. The lowest BCUT2D eigenvalue weighted by Gasteiger charge is -2.29. The molecule has 224 valence electrons. The van der Waals surface area contributed by atoms with Gasteiger partial charge in [0.2, 0.25) is 5.36 Å². The Labute approximate surface area is 251 Å². The molecule has 8 nitrogen and oxygen atoms in total. The Balaban J connectivity index is 0.000000868. The van der Waals surface area contributed by atoms with Crippen molar-refractivity contribution in [1.29, 1.82) is 0 Å². The van der Waals surface area contributed by atoms with E-state index in [4.69, 9.17) is 8.83 Å². The first-order valence-corrected chi connectivity index (χ1v) is 15.0. The minimum absolute atomic E-state index is 0.114. The molecule has 3 aromatic carbocycles. The van der Waals surface area contributed by atoms with Crippen molar-refractivity contribution < 1.29 is 18.7 Å². The number of rotatable bonds is 5. The quantitative estimate of drug-likeness (QED) is 0.117. The summed E-state index contributed by atoms with van der Waals surface area (Å²) in [6, 6.07) is 18.5. The van der Waals surface area contributed by atoms with Gasteiger partial charge in [0.1, 0.15) is 29.6 Å². The van der Waals surface area contributed by atoms with E-state index in [0.29, 0.717) is 38.6 Å². The highest BCUT2D eigenvalue weighted by molar-refractivity contribution is 6.16. The summed E-state index contributed by atoms with van der Waals surface area (Å²) in [4.78, 5) is 30.2. The molecule has 3 heterocycles. The molecule has 0 saturated carbocycles. The summed E-state index contributed by atoms with van der Waals surface area (Å²) in [7, 11) is 6.00.